The van der Waals surface area contributed by atoms with Gasteiger partial charge in [-0.25, -0.2) is 14.4 Å². The smallest absolute Gasteiger partial charge is 0.258 e. The monoisotopic (exact) mass is 587 g/mol. The molecule has 2 atom stereocenters. The largest absolute Gasteiger partial charge is 0.394 e. The number of amides is 2. The lowest BCUT2D eigenvalue weighted by molar-refractivity contribution is -0.126. The Labute approximate surface area is 240 Å². The molecule has 40 heavy (non-hydrogen) atoms. The van der Waals surface area contributed by atoms with Crippen molar-refractivity contribution in [1.29, 1.82) is 0 Å². The van der Waals surface area contributed by atoms with E-state index in [1.165, 1.54) is 17.2 Å². The number of aliphatic hydroxyl groups is 1. The predicted molar refractivity (Wildman–Crippen MR) is 149 cm³/mol. The van der Waals surface area contributed by atoms with Crippen LogP contribution < -0.4 is 10.6 Å². The molecule has 2 amide bonds. The number of fused-ring (bicyclic) bond motifs is 1. The number of nitrogens with zero attached hydrogens (tertiary/aromatic N) is 3. The fraction of sp³-hybridized carbons (Fsp3) is 0.357. The minimum absolute atomic E-state index is 0.0506. The van der Waals surface area contributed by atoms with Gasteiger partial charge >= 0.3 is 0 Å². The second-order valence-corrected chi connectivity index (χ2v) is 10.6. The molecule has 0 radical (unpaired) electrons. The third-order valence-electron chi connectivity index (χ3n) is 7.19. The number of carbonyl (C=O) groups is 2. The summed E-state index contributed by atoms with van der Waals surface area (Å²) in [5, 5.41) is 16.4. The summed E-state index contributed by atoms with van der Waals surface area (Å²) in [7, 11) is 0. The van der Waals surface area contributed by atoms with Crippen molar-refractivity contribution in [2.45, 2.75) is 44.4 Å². The molecule has 0 spiro atoms. The van der Waals surface area contributed by atoms with Crippen molar-refractivity contribution < 1.29 is 23.8 Å². The number of benzene rings is 2. The lowest BCUT2D eigenvalue weighted by Gasteiger charge is -2.26. The van der Waals surface area contributed by atoms with Gasteiger partial charge in [-0.05, 0) is 49.1 Å². The maximum absolute atomic E-state index is 15.9. The number of halogens is 3. The van der Waals surface area contributed by atoms with Gasteiger partial charge in [0.2, 0.25) is 11.9 Å². The Balaban J connectivity index is 1.35. The minimum Gasteiger partial charge on any atom is -0.394 e. The zero-order valence-electron chi connectivity index (χ0n) is 21.7. The van der Waals surface area contributed by atoms with E-state index < -0.39 is 29.7 Å². The lowest BCUT2D eigenvalue weighted by Crippen LogP contribution is -2.46. The Morgan fingerprint density at radius 1 is 1.25 bits per heavy atom. The fourth-order valence-corrected chi connectivity index (χ4v) is 5.31. The maximum Gasteiger partial charge on any atom is 0.258 e. The Morgan fingerprint density at radius 2 is 2.02 bits per heavy atom. The van der Waals surface area contributed by atoms with E-state index in [-0.39, 0.29) is 41.0 Å². The van der Waals surface area contributed by atoms with E-state index >= 15 is 4.39 Å². The molecule has 0 saturated carbocycles. The highest BCUT2D eigenvalue weighted by Crippen LogP contribution is 2.35. The zero-order chi connectivity index (χ0) is 28.4. The van der Waals surface area contributed by atoms with E-state index in [1.54, 1.807) is 37.3 Å². The molecule has 1 fully saturated rings. The Hall–Kier alpha value is -3.31. The van der Waals surface area contributed by atoms with Gasteiger partial charge in [-0.1, -0.05) is 41.4 Å². The summed E-state index contributed by atoms with van der Waals surface area (Å²) >= 11 is 12.4. The van der Waals surface area contributed by atoms with Crippen molar-refractivity contribution in [2.24, 2.45) is 0 Å². The van der Waals surface area contributed by atoms with Crippen LogP contribution in [0.4, 0.5) is 10.3 Å². The number of rotatable bonds is 8. The SMILES string of the molecule is C[C@H](C(=O)N[C@H](CO)c1cccc(Cl)c1)N1Cc2ccc(-c3nc(NC4CCOCC4)ncc3Cl)c(F)c2C1=O. The summed E-state index contributed by atoms with van der Waals surface area (Å²) in [6.45, 7) is 2.51. The molecule has 1 aromatic heterocycles. The minimum atomic E-state index is -0.936. The molecule has 0 aliphatic carbocycles. The summed E-state index contributed by atoms with van der Waals surface area (Å²) in [6.07, 6.45) is 2.99. The molecule has 1 saturated heterocycles. The highest BCUT2D eigenvalue weighted by molar-refractivity contribution is 6.33. The quantitative estimate of drug-likeness (QED) is 0.358. The number of anilines is 1. The van der Waals surface area contributed by atoms with Gasteiger partial charge in [0.25, 0.3) is 5.91 Å². The van der Waals surface area contributed by atoms with Crippen molar-refractivity contribution in [2.75, 3.05) is 25.1 Å². The maximum atomic E-state index is 15.9. The van der Waals surface area contributed by atoms with Gasteiger partial charge in [-0.3, -0.25) is 9.59 Å². The van der Waals surface area contributed by atoms with Crippen LogP contribution in [0.25, 0.3) is 11.3 Å². The predicted octanol–water partition coefficient (Wildman–Crippen LogP) is 4.37. The third-order valence-corrected chi connectivity index (χ3v) is 7.71. The summed E-state index contributed by atoms with van der Waals surface area (Å²) < 4.78 is 21.3. The number of hydrogen-bond acceptors (Lipinski definition) is 7. The van der Waals surface area contributed by atoms with Crippen LogP contribution in [0.15, 0.2) is 42.6 Å². The van der Waals surface area contributed by atoms with Crippen LogP contribution in [-0.4, -0.2) is 63.7 Å². The average Bonchev–Trinajstić information content (AvgIpc) is 3.30. The molecule has 9 nitrogen and oxygen atoms in total. The van der Waals surface area contributed by atoms with Crippen LogP contribution in [0.3, 0.4) is 0 Å². The second kappa shape index (κ2) is 12.1. The van der Waals surface area contributed by atoms with Gasteiger partial charge in [0.15, 0.2) is 0 Å². The molecule has 210 valence electrons. The first-order valence-electron chi connectivity index (χ1n) is 12.9. The molecular formula is C28H28Cl2FN5O4. The third kappa shape index (κ3) is 5.76. The lowest BCUT2D eigenvalue weighted by atomic mass is 10.0. The summed E-state index contributed by atoms with van der Waals surface area (Å²) in [4.78, 5) is 36.4. The number of ether oxygens (including phenoxy) is 1. The molecule has 5 rings (SSSR count). The highest BCUT2D eigenvalue weighted by Gasteiger charge is 2.37. The Kier molecular flexibility index (Phi) is 8.51. The average molecular weight is 588 g/mol. The van der Waals surface area contributed by atoms with Crippen LogP contribution in [0.2, 0.25) is 10.0 Å². The van der Waals surface area contributed by atoms with Gasteiger partial charge in [-0.2, -0.15) is 0 Å². The van der Waals surface area contributed by atoms with Gasteiger partial charge in [0, 0.05) is 36.4 Å². The van der Waals surface area contributed by atoms with Crippen molar-refractivity contribution in [1.82, 2.24) is 20.2 Å². The van der Waals surface area contributed by atoms with Crippen molar-refractivity contribution in [3.8, 4) is 11.3 Å². The van der Waals surface area contributed by atoms with E-state index in [2.05, 4.69) is 20.6 Å². The number of nitrogens with one attached hydrogen (secondary N) is 2. The van der Waals surface area contributed by atoms with Gasteiger partial charge < -0.3 is 25.4 Å². The van der Waals surface area contributed by atoms with E-state index in [9.17, 15) is 14.7 Å². The second-order valence-electron chi connectivity index (χ2n) is 9.79. The molecule has 2 aliphatic rings. The molecule has 0 bridgehead atoms. The topological polar surface area (TPSA) is 117 Å². The van der Waals surface area contributed by atoms with Gasteiger partial charge in [0.05, 0.1) is 35.1 Å². The molecule has 2 aliphatic heterocycles. The van der Waals surface area contributed by atoms with Crippen LogP contribution in [0.5, 0.6) is 0 Å². The molecule has 0 unspecified atom stereocenters. The van der Waals surface area contributed by atoms with Gasteiger partial charge in [0.1, 0.15) is 11.9 Å². The number of aliphatic hydroxyl groups excluding tert-OH is 1. The normalized spacial score (nSPS) is 16.9. The molecule has 3 aromatic rings. The number of aromatic nitrogens is 2. The van der Waals surface area contributed by atoms with Gasteiger partial charge in [-0.15, -0.1) is 0 Å². The van der Waals surface area contributed by atoms with E-state index in [4.69, 9.17) is 27.9 Å². The molecular weight excluding hydrogens is 560 g/mol. The van der Waals surface area contributed by atoms with Crippen molar-refractivity contribution in [3.05, 3.63) is 75.1 Å². The van der Waals surface area contributed by atoms with Crippen molar-refractivity contribution in [3.63, 3.8) is 0 Å². The molecule has 12 heteroatoms. The Morgan fingerprint density at radius 3 is 2.75 bits per heavy atom. The number of carbonyl (C=O) groups excluding carboxylic acids is 2. The summed E-state index contributed by atoms with van der Waals surface area (Å²) in [6, 6.07) is 8.41. The molecule has 3 N–H and O–H groups in total. The molecule has 3 heterocycles. The highest BCUT2D eigenvalue weighted by atomic mass is 35.5. The fourth-order valence-electron chi connectivity index (χ4n) is 4.92. The summed E-state index contributed by atoms with van der Waals surface area (Å²) in [5.74, 6) is -1.57. The number of hydrogen-bond donors (Lipinski definition) is 3. The zero-order valence-corrected chi connectivity index (χ0v) is 23.2. The first kappa shape index (κ1) is 28.2. The van der Waals surface area contributed by atoms with E-state index in [1.807, 2.05) is 0 Å². The summed E-state index contributed by atoms with van der Waals surface area (Å²) in [5.41, 5.74) is 1.17. The first-order valence-corrected chi connectivity index (χ1v) is 13.7. The van der Waals surface area contributed by atoms with E-state index in [0.717, 1.165) is 12.8 Å². The van der Waals surface area contributed by atoms with Crippen LogP contribution >= 0.6 is 23.2 Å². The standard InChI is InChI=1S/C28H28Cl2FN5O4/c1-15(26(38)34-22(14-37)16-3-2-4-18(29)11-16)36-13-17-5-6-20(24(31)23(17)27(36)39)25-21(30)12-32-28(35-25)33-19-7-9-40-10-8-19/h2-6,11-12,15,19,22,37H,7-10,13-14H2,1H3,(H,34,38)(H,32,33,35)/t15-,22-/m1/s1. The van der Waals surface area contributed by atoms with Crippen LogP contribution in [0.1, 0.15) is 47.3 Å². The van der Waals surface area contributed by atoms with Crippen LogP contribution in [0, 0.1) is 5.82 Å². The van der Waals surface area contributed by atoms with Crippen molar-refractivity contribution >= 4 is 41.0 Å². The van der Waals surface area contributed by atoms with E-state index in [0.29, 0.717) is 35.3 Å². The van der Waals surface area contributed by atoms with Crippen LogP contribution in [-0.2, 0) is 16.1 Å². The molecule has 2 aromatic carbocycles. The Bertz CT molecular complexity index is 1440. The first-order chi connectivity index (χ1) is 19.3.